The second-order valence-electron chi connectivity index (χ2n) is 2.35. The topological polar surface area (TPSA) is 24.9 Å². The molecule has 0 unspecified atom stereocenters. The fourth-order valence-corrected chi connectivity index (χ4v) is 2.05. The van der Waals surface area contributed by atoms with Gasteiger partial charge in [-0.2, -0.15) is 11.3 Å². The average molecular weight is 196 g/mol. The number of aromatic nitrogens is 1. The highest BCUT2D eigenvalue weighted by Gasteiger charge is 1.94. The van der Waals surface area contributed by atoms with Gasteiger partial charge in [-0.1, -0.05) is 0 Å². The molecule has 2 heterocycles. The van der Waals surface area contributed by atoms with Crippen molar-refractivity contribution < 1.29 is 0 Å². The summed E-state index contributed by atoms with van der Waals surface area (Å²) >= 11 is 3.32. The van der Waals surface area contributed by atoms with E-state index in [0.717, 1.165) is 12.2 Å². The molecule has 0 spiro atoms. The predicted octanol–water partition coefficient (Wildman–Crippen LogP) is 2.82. The van der Waals surface area contributed by atoms with Crippen LogP contribution in [0.5, 0.6) is 0 Å². The monoisotopic (exact) mass is 196 g/mol. The van der Waals surface area contributed by atoms with Crippen LogP contribution in [0.2, 0.25) is 0 Å². The van der Waals surface area contributed by atoms with Crippen molar-refractivity contribution in [2.45, 2.75) is 6.54 Å². The first-order chi connectivity index (χ1) is 5.95. The molecule has 1 N–H and O–H groups in total. The van der Waals surface area contributed by atoms with Crippen LogP contribution in [0.25, 0.3) is 0 Å². The number of rotatable bonds is 3. The number of nitrogens with zero attached hydrogens (tertiary/aromatic N) is 1. The number of anilines is 1. The lowest BCUT2D eigenvalue weighted by molar-refractivity contribution is 1.08. The standard InChI is InChI=1S/C8H8N2S2/c1-2-11-4-7(1)9-3-8-5-12-6-10-8/h1-2,4-6,9H,3H2. The van der Waals surface area contributed by atoms with Gasteiger partial charge in [-0.05, 0) is 11.4 Å². The van der Waals surface area contributed by atoms with Crippen molar-refractivity contribution in [1.82, 2.24) is 4.98 Å². The molecule has 12 heavy (non-hydrogen) atoms. The Bertz CT molecular complexity index is 278. The Morgan fingerprint density at radius 3 is 3.00 bits per heavy atom. The Morgan fingerprint density at radius 1 is 1.33 bits per heavy atom. The number of nitrogens with one attached hydrogen (secondary N) is 1. The van der Waals surface area contributed by atoms with E-state index in [1.54, 1.807) is 22.7 Å². The van der Waals surface area contributed by atoms with Crippen molar-refractivity contribution in [3.05, 3.63) is 33.4 Å². The number of thiophene rings is 1. The van der Waals surface area contributed by atoms with Crippen LogP contribution < -0.4 is 5.32 Å². The molecule has 0 aromatic carbocycles. The molecule has 0 amide bonds. The van der Waals surface area contributed by atoms with E-state index < -0.39 is 0 Å². The van der Waals surface area contributed by atoms with Gasteiger partial charge in [0, 0.05) is 16.4 Å². The van der Waals surface area contributed by atoms with Crippen LogP contribution in [0.3, 0.4) is 0 Å². The van der Waals surface area contributed by atoms with Gasteiger partial charge >= 0.3 is 0 Å². The van der Waals surface area contributed by atoms with Gasteiger partial charge < -0.3 is 5.32 Å². The van der Waals surface area contributed by atoms with Crippen LogP contribution in [0.15, 0.2) is 27.7 Å². The molecule has 0 aliphatic heterocycles. The molecule has 0 aliphatic carbocycles. The molecule has 2 aromatic heterocycles. The Morgan fingerprint density at radius 2 is 2.33 bits per heavy atom. The lowest BCUT2D eigenvalue weighted by Gasteiger charge is -1.98. The molecule has 0 radical (unpaired) electrons. The lowest BCUT2D eigenvalue weighted by atomic mass is 10.4. The van der Waals surface area contributed by atoms with Crippen molar-refractivity contribution in [3.63, 3.8) is 0 Å². The first kappa shape index (κ1) is 7.76. The van der Waals surface area contributed by atoms with E-state index in [0.29, 0.717) is 0 Å². The molecule has 0 fully saturated rings. The van der Waals surface area contributed by atoms with Gasteiger partial charge in [0.05, 0.1) is 17.7 Å². The third-order valence-electron chi connectivity index (χ3n) is 1.48. The SMILES string of the molecule is c1cc(NCc2cscn2)cs1. The maximum absolute atomic E-state index is 4.18. The molecule has 0 saturated carbocycles. The van der Waals surface area contributed by atoms with Gasteiger partial charge in [-0.3, -0.25) is 0 Å². The van der Waals surface area contributed by atoms with Crippen molar-refractivity contribution in [2.24, 2.45) is 0 Å². The molecule has 0 bridgehead atoms. The van der Waals surface area contributed by atoms with Crippen molar-refractivity contribution in [2.75, 3.05) is 5.32 Å². The van der Waals surface area contributed by atoms with Gasteiger partial charge in [0.25, 0.3) is 0 Å². The van der Waals surface area contributed by atoms with Crippen LogP contribution >= 0.6 is 22.7 Å². The minimum Gasteiger partial charge on any atom is -0.379 e. The summed E-state index contributed by atoms with van der Waals surface area (Å²) in [6.07, 6.45) is 0. The quantitative estimate of drug-likeness (QED) is 0.816. The van der Waals surface area contributed by atoms with E-state index >= 15 is 0 Å². The van der Waals surface area contributed by atoms with E-state index in [-0.39, 0.29) is 0 Å². The molecule has 2 rings (SSSR count). The summed E-state index contributed by atoms with van der Waals surface area (Å²) in [6, 6.07) is 2.07. The normalized spacial score (nSPS) is 10.0. The number of thiazole rings is 1. The molecular formula is C8H8N2S2. The zero-order valence-corrected chi connectivity index (χ0v) is 7.99. The van der Waals surface area contributed by atoms with E-state index in [1.165, 1.54) is 5.69 Å². The van der Waals surface area contributed by atoms with Crippen molar-refractivity contribution in [3.8, 4) is 0 Å². The predicted molar refractivity (Wildman–Crippen MR) is 53.8 cm³/mol. The van der Waals surface area contributed by atoms with Gasteiger partial charge in [-0.15, -0.1) is 11.3 Å². The summed E-state index contributed by atoms with van der Waals surface area (Å²) in [4.78, 5) is 4.18. The second-order valence-corrected chi connectivity index (χ2v) is 3.84. The summed E-state index contributed by atoms with van der Waals surface area (Å²) in [6.45, 7) is 0.820. The van der Waals surface area contributed by atoms with Crippen LogP contribution in [-0.4, -0.2) is 4.98 Å². The molecule has 2 nitrogen and oxygen atoms in total. The zero-order chi connectivity index (χ0) is 8.23. The Balaban J connectivity index is 1.91. The van der Waals surface area contributed by atoms with E-state index in [9.17, 15) is 0 Å². The van der Waals surface area contributed by atoms with Gasteiger partial charge in [-0.25, -0.2) is 4.98 Å². The highest BCUT2D eigenvalue weighted by molar-refractivity contribution is 7.08. The minimum absolute atomic E-state index is 0.820. The summed E-state index contributed by atoms with van der Waals surface area (Å²) in [5.74, 6) is 0. The summed E-state index contributed by atoms with van der Waals surface area (Å²) in [5.41, 5.74) is 4.13. The fraction of sp³-hybridized carbons (Fsp3) is 0.125. The Labute approximate surface area is 78.9 Å². The van der Waals surface area contributed by atoms with Crippen LogP contribution in [0.4, 0.5) is 5.69 Å². The average Bonchev–Trinajstić information content (AvgIpc) is 2.74. The smallest absolute Gasteiger partial charge is 0.0795 e. The minimum atomic E-state index is 0.820. The lowest BCUT2D eigenvalue weighted by Crippen LogP contribution is -1.97. The molecule has 4 heteroatoms. The van der Waals surface area contributed by atoms with E-state index in [1.807, 2.05) is 5.51 Å². The highest BCUT2D eigenvalue weighted by Crippen LogP contribution is 2.13. The highest BCUT2D eigenvalue weighted by atomic mass is 32.1. The van der Waals surface area contributed by atoms with Crippen LogP contribution in [0.1, 0.15) is 5.69 Å². The maximum atomic E-state index is 4.18. The molecule has 2 aromatic rings. The molecule has 0 aliphatic rings. The largest absolute Gasteiger partial charge is 0.379 e. The van der Waals surface area contributed by atoms with Gasteiger partial charge in [0.1, 0.15) is 0 Å². The third-order valence-corrected chi connectivity index (χ3v) is 2.80. The van der Waals surface area contributed by atoms with Gasteiger partial charge in [0.15, 0.2) is 0 Å². The number of hydrogen-bond acceptors (Lipinski definition) is 4. The third kappa shape index (κ3) is 1.84. The summed E-state index contributed by atoms with van der Waals surface area (Å²) < 4.78 is 0. The molecule has 0 atom stereocenters. The van der Waals surface area contributed by atoms with Gasteiger partial charge in [0.2, 0.25) is 0 Å². The second kappa shape index (κ2) is 3.69. The summed E-state index contributed by atoms with van der Waals surface area (Å²) in [7, 11) is 0. The molecule has 62 valence electrons. The van der Waals surface area contributed by atoms with Crippen molar-refractivity contribution in [1.29, 1.82) is 0 Å². The fourth-order valence-electron chi connectivity index (χ4n) is 0.883. The molecular weight excluding hydrogens is 188 g/mol. The maximum Gasteiger partial charge on any atom is 0.0795 e. The van der Waals surface area contributed by atoms with Crippen molar-refractivity contribution >= 4 is 28.4 Å². The first-order valence-electron chi connectivity index (χ1n) is 3.58. The van der Waals surface area contributed by atoms with E-state index in [2.05, 4.69) is 32.5 Å². The van der Waals surface area contributed by atoms with Crippen LogP contribution in [0, 0.1) is 0 Å². The molecule has 0 saturated heterocycles. The number of hydrogen-bond donors (Lipinski definition) is 1. The van der Waals surface area contributed by atoms with E-state index in [4.69, 9.17) is 0 Å². The zero-order valence-electron chi connectivity index (χ0n) is 6.36. The Hall–Kier alpha value is -0.870. The first-order valence-corrected chi connectivity index (χ1v) is 5.47. The van der Waals surface area contributed by atoms with Crippen LogP contribution in [-0.2, 0) is 6.54 Å². The summed E-state index contributed by atoms with van der Waals surface area (Å²) in [5, 5.41) is 9.49. The Kier molecular flexibility index (Phi) is 2.39.